The minimum atomic E-state index is -0.0555. The molecule has 9 aromatic carbocycles. The molecular formula is C55H31BN2S3. The molecule has 2 aliphatic rings. The summed E-state index contributed by atoms with van der Waals surface area (Å²) in [7, 11) is 0. The molecule has 0 aliphatic carbocycles. The number of nitrogens with zero attached hydrogens (tertiary/aromatic N) is 2. The van der Waals surface area contributed by atoms with Gasteiger partial charge in [0.05, 0.1) is 11.0 Å². The monoisotopic (exact) mass is 826 g/mol. The highest BCUT2D eigenvalue weighted by Crippen LogP contribution is 2.53. The number of hydrogen-bond acceptors (Lipinski definition) is 4. The number of hydrogen-bond donors (Lipinski definition) is 0. The van der Waals surface area contributed by atoms with Gasteiger partial charge in [0.15, 0.2) is 0 Å². The molecule has 6 heteroatoms. The Balaban J connectivity index is 1.16. The standard InChI is InChI=1S/C55H31BN2S3/c1-30-18-21-32(22-19-30)58-44-25-24-37-34-11-4-9-17-48(34)61-55(37)52(44)41-27-39(31-20-23-36-33-10-3-7-15-46(33)59-49(36)26-31)51-38-13-2-6-14-43(38)57-45-28-40-35-12-5-8-16-47(35)60-50(40)29-42(45)56(58)53(41)54(51)57/h2-29H,1H3. The van der Waals surface area contributed by atoms with E-state index < -0.39 is 0 Å². The maximum Gasteiger partial charge on any atom is 0.333 e. The van der Waals surface area contributed by atoms with Crippen LogP contribution in [0.25, 0.3) is 110 Å². The number of para-hydroxylation sites is 1. The first-order valence-corrected chi connectivity index (χ1v) is 23.4. The molecule has 0 saturated heterocycles. The molecule has 282 valence electrons. The lowest BCUT2D eigenvalue weighted by atomic mass is 9.43. The first-order valence-electron chi connectivity index (χ1n) is 20.9. The minimum Gasteiger partial charge on any atom is -0.376 e. The van der Waals surface area contributed by atoms with Crippen LogP contribution in [0.1, 0.15) is 5.56 Å². The van der Waals surface area contributed by atoms with Crippen molar-refractivity contribution >= 4 is 145 Å². The van der Waals surface area contributed by atoms with Crippen LogP contribution in [0, 0.1) is 6.92 Å². The van der Waals surface area contributed by atoms with Gasteiger partial charge in [-0.05, 0) is 101 Å². The molecule has 0 unspecified atom stereocenters. The minimum absolute atomic E-state index is 0.0555. The van der Waals surface area contributed by atoms with E-state index in [-0.39, 0.29) is 6.85 Å². The van der Waals surface area contributed by atoms with Crippen LogP contribution >= 0.6 is 34.0 Å². The number of fused-ring (bicyclic) bond motifs is 18. The van der Waals surface area contributed by atoms with E-state index in [0.29, 0.717) is 0 Å². The van der Waals surface area contributed by atoms with E-state index in [4.69, 9.17) is 0 Å². The summed E-state index contributed by atoms with van der Waals surface area (Å²) in [4.78, 5) is 2.68. The van der Waals surface area contributed by atoms with Crippen LogP contribution in [0.2, 0.25) is 0 Å². The van der Waals surface area contributed by atoms with Gasteiger partial charge in [-0.25, -0.2) is 0 Å². The lowest BCUT2D eigenvalue weighted by Crippen LogP contribution is -2.60. The molecule has 4 aromatic heterocycles. The van der Waals surface area contributed by atoms with Gasteiger partial charge < -0.3 is 9.38 Å². The van der Waals surface area contributed by atoms with Gasteiger partial charge >= 0.3 is 6.85 Å². The molecule has 61 heavy (non-hydrogen) atoms. The Morgan fingerprint density at radius 1 is 0.459 bits per heavy atom. The quantitative estimate of drug-likeness (QED) is 0.158. The zero-order valence-corrected chi connectivity index (χ0v) is 35.3. The molecule has 2 nitrogen and oxygen atoms in total. The van der Waals surface area contributed by atoms with E-state index in [0.717, 1.165) is 0 Å². The topological polar surface area (TPSA) is 8.17 Å². The fourth-order valence-electron chi connectivity index (χ4n) is 11.0. The third kappa shape index (κ3) is 4.27. The van der Waals surface area contributed by atoms with Gasteiger partial charge in [-0.2, -0.15) is 0 Å². The largest absolute Gasteiger partial charge is 0.376 e. The second kappa shape index (κ2) is 11.8. The van der Waals surface area contributed by atoms with E-state index in [1.54, 1.807) is 0 Å². The van der Waals surface area contributed by atoms with Gasteiger partial charge in [0.2, 0.25) is 0 Å². The van der Waals surface area contributed by atoms with E-state index in [1.165, 1.54) is 138 Å². The first kappa shape index (κ1) is 33.1. The van der Waals surface area contributed by atoms with Crippen molar-refractivity contribution in [1.29, 1.82) is 0 Å². The number of rotatable bonds is 2. The third-order valence-corrected chi connectivity index (χ3v) is 17.1. The van der Waals surface area contributed by atoms with Crippen LogP contribution < -0.4 is 15.7 Å². The maximum atomic E-state index is 2.68. The van der Waals surface area contributed by atoms with Crippen molar-refractivity contribution in [3.63, 3.8) is 0 Å². The summed E-state index contributed by atoms with van der Waals surface area (Å²) in [6.07, 6.45) is 0. The molecule has 0 spiro atoms. The lowest BCUT2D eigenvalue weighted by Gasteiger charge is -2.42. The normalized spacial score (nSPS) is 13.3. The SMILES string of the molecule is Cc1ccc(N2B3c4cc5sc6ccccc6c5cc4-n4c5ccccc5c5c(-c6ccc7c(c6)sc6ccccc67)cc(c3c54)-c3c2ccc2c3sc3ccccc32)cc1. The predicted molar refractivity (Wildman–Crippen MR) is 269 cm³/mol. The van der Waals surface area contributed by atoms with Gasteiger partial charge in [-0.15, -0.1) is 34.0 Å². The summed E-state index contributed by atoms with van der Waals surface area (Å²) in [5.74, 6) is 0. The van der Waals surface area contributed by atoms with Crippen molar-refractivity contribution in [2.24, 2.45) is 0 Å². The summed E-state index contributed by atoms with van der Waals surface area (Å²) < 4.78 is 10.6. The lowest BCUT2D eigenvalue weighted by molar-refractivity contribution is 1.19. The van der Waals surface area contributed by atoms with Crippen LogP contribution in [-0.4, -0.2) is 11.4 Å². The highest BCUT2D eigenvalue weighted by atomic mass is 32.1. The molecule has 13 aromatic rings. The smallest absolute Gasteiger partial charge is 0.333 e. The highest BCUT2D eigenvalue weighted by Gasteiger charge is 2.45. The van der Waals surface area contributed by atoms with E-state index in [1.807, 2.05) is 34.0 Å². The number of benzene rings is 9. The molecule has 0 amide bonds. The molecule has 0 radical (unpaired) electrons. The Morgan fingerprint density at radius 3 is 1.85 bits per heavy atom. The zero-order chi connectivity index (χ0) is 39.7. The van der Waals surface area contributed by atoms with Gasteiger partial charge in [-0.1, -0.05) is 109 Å². The van der Waals surface area contributed by atoms with Gasteiger partial charge in [0.1, 0.15) is 0 Å². The Kier molecular flexibility index (Phi) is 6.38. The Labute approximate surface area is 362 Å². The number of thiophene rings is 3. The summed E-state index contributed by atoms with van der Waals surface area (Å²) in [5.41, 5.74) is 15.5. The molecule has 0 atom stereocenters. The maximum absolute atomic E-state index is 2.68. The summed E-state index contributed by atoms with van der Waals surface area (Å²) in [6, 6.07) is 64.8. The average molecular weight is 827 g/mol. The molecule has 15 rings (SSSR count). The third-order valence-electron chi connectivity index (χ3n) is 13.6. The second-order valence-electron chi connectivity index (χ2n) is 16.8. The van der Waals surface area contributed by atoms with Crippen molar-refractivity contribution < 1.29 is 0 Å². The van der Waals surface area contributed by atoms with Crippen LogP contribution in [-0.2, 0) is 0 Å². The molecule has 0 N–H and O–H groups in total. The average Bonchev–Trinajstić information content (AvgIpc) is 4.07. The van der Waals surface area contributed by atoms with Crippen molar-refractivity contribution in [1.82, 2.24) is 4.57 Å². The fourth-order valence-corrected chi connectivity index (χ4v) is 14.6. The molecule has 6 heterocycles. The molecule has 2 aliphatic heterocycles. The van der Waals surface area contributed by atoms with Crippen molar-refractivity contribution in [2.45, 2.75) is 6.92 Å². The Hall–Kier alpha value is -6.70. The Morgan fingerprint density at radius 2 is 1.08 bits per heavy atom. The van der Waals surface area contributed by atoms with E-state index in [9.17, 15) is 0 Å². The number of aromatic nitrogens is 1. The first-order chi connectivity index (χ1) is 30.2. The second-order valence-corrected chi connectivity index (χ2v) is 20.0. The molecular weight excluding hydrogens is 796 g/mol. The van der Waals surface area contributed by atoms with Crippen molar-refractivity contribution in [2.75, 3.05) is 4.81 Å². The van der Waals surface area contributed by atoms with E-state index in [2.05, 4.69) is 186 Å². The molecule has 0 fully saturated rings. The summed E-state index contributed by atoms with van der Waals surface area (Å²) >= 11 is 5.75. The van der Waals surface area contributed by atoms with Crippen LogP contribution in [0.3, 0.4) is 0 Å². The van der Waals surface area contributed by atoms with Gasteiger partial charge in [0.25, 0.3) is 0 Å². The number of anilines is 2. The van der Waals surface area contributed by atoms with Crippen LogP contribution in [0.4, 0.5) is 11.4 Å². The molecule has 0 saturated carbocycles. The van der Waals surface area contributed by atoms with Gasteiger partial charge in [0, 0.05) is 93.9 Å². The highest BCUT2D eigenvalue weighted by molar-refractivity contribution is 7.27. The predicted octanol–water partition coefficient (Wildman–Crippen LogP) is 15.1. The fraction of sp³-hybridized carbons (Fsp3) is 0.0182. The van der Waals surface area contributed by atoms with E-state index >= 15 is 0 Å². The van der Waals surface area contributed by atoms with Crippen molar-refractivity contribution in [3.8, 4) is 27.9 Å². The van der Waals surface area contributed by atoms with Crippen LogP contribution in [0.15, 0.2) is 170 Å². The van der Waals surface area contributed by atoms with Crippen LogP contribution in [0.5, 0.6) is 0 Å². The molecule has 0 bridgehead atoms. The van der Waals surface area contributed by atoms with Gasteiger partial charge in [-0.3, -0.25) is 0 Å². The zero-order valence-electron chi connectivity index (χ0n) is 32.9. The Bertz CT molecular complexity index is 4090. The van der Waals surface area contributed by atoms with Crippen molar-refractivity contribution in [3.05, 3.63) is 175 Å². The number of aryl methyl sites for hydroxylation is 1. The summed E-state index contributed by atoms with van der Waals surface area (Å²) in [5, 5.41) is 10.6. The summed E-state index contributed by atoms with van der Waals surface area (Å²) in [6.45, 7) is 2.14.